The SMILES string of the molecule is CNC(CCC1CCCC1)Cc1ccc(Cl)cc1F. The Morgan fingerprint density at radius 1 is 1.37 bits per heavy atom. The number of hydrogen-bond acceptors (Lipinski definition) is 1. The molecule has 1 unspecified atom stereocenters. The van der Waals surface area contributed by atoms with E-state index in [1.165, 1.54) is 38.2 Å². The van der Waals surface area contributed by atoms with E-state index >= 15 is 0 Å². The Labute approximate surface area is 120 Å². The molecular formula is C16H23ClFN. The molecule has 1 aliphatic carbocycles. The first-order valence-corrected chi connectivity index (χ1v) is 7.68. The molecule has 0 radical (unpaired) electrons. The first-order valence-electron chi connectivity index (χ1n) is 7.30. The maximum absolute atomic E-state index is 13.8. The van der Waals surface area contributed by atoms with Crippen molar-refractivity contribution in [1.29, 1.82) is 0 Å². The van der Waals surface area contributed by atoms with Gasteiger partial charge < -0.3 is 5.32 Å². The van der Waals surface area contributed by atoms with Crippen LogP contribution in [0.3, 0.4) is 0 Å². The summed E-state index contributed by atoms with van der Waals surface area (Å²) in [4.78, 5) is 0. The molecule has 19 heavy (non-hydrogen) atoms. The summed E-state index contributed by atoms with van der Waals surface area (Å²) in [5.74, 6) is 0.708. The average Bonchev–Trinajstić information content (AvgIpc) is 2.90. The first kappa shape index (κ1) is 14.8. The monoisotopic (exact) mass is 283 g/mol. The lowest BCUT2D eigenvalue weighted by atomic mass is 9.95. The second kappa shape index (κ2) is 7.25. The fraction of sp³-hybridized carbons (Fsp3) is 0.625. The first-order chi connectivity index (χ1) is 9.19. The Hall–Kier alpha value is -0.600. The van der Waals surface area contributed by atoms with Gasteiger partial charge in [-0.05, 0) is 49.9 Å². The third-order valence-corrected chi connectivity index (χ3v) is 4.52. The van der Waals surface area contributed by atoms with Crippen LogP contribution in [0, 0.1) is 11.7 Å². The Morgan fingerprint density at radius 2 is 2.11 bits per heavy atom. The number of halogens is 2. The zero-order chi connectivity index (χ0) is 13.7. The second-order valence-electron chi connectivity index (χ2n) is 5.65. The van der Waals surface area contributed by atoms with Crippen molar-refractivity contribution in [1.82, 2.24) is 5.32 Å². The molecule has 3 heteroatoms. The normalized spacial score (nSPS) is 17.8. The van der Waals surface area contributed by atoms with Gasteiger partial charge in [0.25, 0.3) is 0 Å². The van der Waals surface area contributed by atoms with Gasteiger partial charge in [0.15, 0.2) is 0 Å². The number of rotatable bonds is 6. The number of nitrogens with one attached hydrogen (secondary N) is 1. The summed E-state index contributed by atoms with van der Waals surface area (Å²) in [5.41, 5.74) is 0.759. The highest BCUT2D eigenvalue weighted by Crippen LogP contribution is 2.29. The predicted molar refractivity (Wildman–Crippen MR) is 79.2 cm³/mol. The molecule has 2 rings (SSSR count). The highest BCUT2D eigenvalue weighted by atomic mass is 35.5. The van der Waals surface area contributed by atoms with Crippen molar-refractivity contribution >= 4 is 11.6 Å². The molecule has 0 bridgehead atoms. The summed E-state index contributed by atoms with van der Waals surface area (Å²) in [6.07, 6.45) is 8.68. The van der Waals surface area contributed by atoms with Crippen molar-refractivity contribution in [2.75, 3.05) is 7.05 Å². The molecule has 106 valence electrons. The van der Waals surface area contributed by atoms with E-state index in [1.807, 2.05) is 7.05 Å². The van der Waals surface area contributed by atoms with Crippen molar-refractivity contribution < 1.29 is 4.39 Å². The van der Waals surface area contributed by atoms with E-state index in [4.69, 9.17) is 11.6 Å². The number of likely N-dealkylation sites (N-methyl/N-ethyl adjacent to an activating group) is 1. The van der Waals surface area contributed by atoms with E-state index in [0.29, 0.717) is 11.1 Å². The summed E-state index contributed by atoms with van der Waals surface area (Å²) >= 11 is 5.78. The van der Waals surface area contributed by atoms with Crippen LogP contribution in [-0.2, 0) is 6.42 Å². The van der Waals surface area contributed by atoms with Crippen LogP contribution >= 0.6 is 11.6 Å². The van der Waals surface area contributed by atoms with Crippen molar-refractivity contribution in [2.45, 2.75) is 51.0 Å². The summed E-state index contributed by atoms with van der Waals surface area (Å²) < 4.78 is 13.8. The van der Waals surface area contributed by atoms with Gasteiger partial charge in [-0.2, -0.15) is 0 Å². The molecule has 1 N–H and O–H groups in total. The van der Waals surface area contributed by atoms with Crippen molar-refractivity contribution in [3.05, 3.63) is 34.6 Å². The highest BCUT2D eigenvalue weighted by molar-refractivity contribution is 6.30. The van der Waals surface area contributed by atoms with Crippen LogP contribution in [0.2, 0.25) is 5.02 Å². The van der Waals surface area contributed by atoms with Gasteiger partial charge in [-0.15, -0.1) is 0 Å². The van der Waals surface area contributed by atoms with Crippen molar-refractivity contribution in [2.24, 2.45) is 5.92 Å². The van der Waals surface area contributed by atoms with Gasteiger partial charge in [-0.1, -0.05) is 43.4 Å². The maximum Gasteiger partial charge on any atom is 0.127 e. The fourth-order valence-corrected chi connectivity index (χ4v) is 3.20. The standard InChI is InChI=1S/C16H23ClFN/c1-19-15(9-6-12-4-2-3-5-12)10-13-7-8-14(17)11-16(13)18/h7-8,11-12,15,19H,2-6,9-10H2,1H3. The van der Waals surface area contributed by atoms with Gasteiger partial charge in [0, 0.05) is 11.1 Å². The molecule has 0 aromatic heterocycles. The van der Waals surface area contributed by atoms with E-state index < -0.39 is 0 Å². The molecule has 1 aromatic carbocycles. The summed E-state index contributed by atoms with van der Waals surface area (Å²) in [5, 5.41) is 3.78. The minimum atomic E-state index is -0.186. The molecule has 0 aliphatic heterocycles. The van der Waals surface area contributed by atoms with Gasteiger partial charge in [0.05, 0.1) is 0 Å². The lowest BCUT2D eigenvalue weighted by Gasteiger charge is -2.19. The summed E-state index contributed by atoms with van der Waals surface area (Å²) in [6.45, 7) is 0. The molecule has 1 fully saturated rings. The average molecular weight is 284 g/mol. The lowest BCUT2D eigenvalue weighted by Crippen LogP contribution is -2.28. The zero-order valence-electron chi connectivity index (χ0n) is 11.6. The third kappa shape index (κ3) is 4.47. The molecule has 0 spiro atoms. The van der Waals surface area contributed by atoms with Crippen molar-refractivity contribution in [3.8, 4) is 0 Å². The molecule has 0 amide bonds. The Morgan fingerprint density at radius 3 is 2.74 bits per heavy atom. The van der Waals surface area contributed by atoms with Crippen LogP contribution in [0.4, 0.5) is 4.39 Å². The van der Waals surface area contributed by atoms with Gasteiger partial charge in [0.1, 0.15) is 5.82 Å². The quantitative estimate of drug-likeness (QED) is 0.806. The smallest absolute Gasteiger partial charge is 0.127 e. The van der Waals surface area contributed by atoms with Crippen LogP contribution in [0.15, 0.2) is 18.2 Å². The van der Waals surface area contributed by atoms with E-state index in [0.717, 1.165) is 24.3 Å². The number of hydrogen-bond donors (Lipinski definition) is 1. The van der Waals surface area contributed by atoms with Gasteiger partial charge in [-0.25, -0.2) is 4.39 Å². The Kier molecular flexibility index (Phi) is 5.65. The third-order valence-electron chi connectivity index (χ3n) is 4.29. The molecule has 1 aliphatic rings. The van der Waals surface area contributed by atoms with E-state index in [9.17, 15) is 4.39 Å². The molecule has 1 saturated carbocycles. The predicted octanol–water partition coefficient (Wildman–Crippen LogP) is 4.58. The van der Waals surface area contributed by atoms with Gasteiger partial charge in [0.2, 0.25) is 0 Å². The largest absolute Gasteiger partial charge is 0.317 e. The van der Waals surface area contributed by atoms with E-state index in [1.54, 1.807) is 12.1 Å². The minimum absolute atomic E-state index is 0.186. The van der Waals surface area contributed by atoms with Crippen molar-refractivity contribution in [3.63, 3.8) is 0 Å². The Balaban J connectivity index is 1.86. The Bertz CT molecular complexity index is 402. The molecule has 0 heterocycles. The lowest BCUT2D eigenvalue weighted by molar-refractivity contribution is 0.415. The van der Waals surface area contributed by atoms with E-state index in [-0.39, 0.29) is 5.82 Å². The second-order valence-corrected chi connectivity index (χ2v) is 6.09. The topological polar surface area (TPSA) is 12.0 Å². The summed E-state index contributed by atoms with van der Waals surface area (Å²) in [7, 11) is 1.97. The molecule has 1 aromatic rings. The highest BCUT2D eigenvalue weighted by Gasteiger charge is 2.17. The number of benzene rings is 1. The van der Waals surface area contributed by atoms with Crippen LogP contribution in [0.5, 0.6) is 0 Å². The van der Waals surface area contributed by atoms with Crippen LogP contribution in [-0.4, -0.2) is 13.1 Å². The van der Waals surface area contributed by atoms with Gasteiger partial charge in [-0.3, -0.25) is 0 Å². The van der Waals surface area contributed by atoms with E-state index in [2.05, 4.69) is 5.32 Å². The molecule has 0 saturated heterocycles. The van der Waals surface area contributed by atoms with Crippen LogP contribution < -0.4 is 5.32 Å². The fourth-order valence-electron chi connectivity index (χ4n) is 3.04. The molecule has 1 atom stereocenters. The molecular weight excluding hydrogens is 261 g/mol. The molecule has 1 nitrogen and oxygen atoms in total. The zero-order valence-corrected chi connectivity index (χ0v) is 12.3. The minimum Gasteiger partial charge on any atom is -0.317 e. The van der Waals surface area contributed by atoms with Crippen LogP contribution in [0.1, 0.15) is 44.1 Å². The van der Waals surface area contributed by atoms with Crippen LogP contribution in [0.25, 0.3) is 0 Å². The summed E-state index contributed by atoms with van der Waals surface area (Å²) in [6, 6.07) is 5.33. The van der Waals surface area contributed by atoms with Gasteiger partial charge >= 0.3 is 0 Å². The maximum atomic E-state index is 13.8.